The lowest BCUT2D eigenvalue weighted by Crippen LogP contribution is -2.30. The quantitative estimate of drug-likeness (QED) is 0.829. The fraction of sp³-hybridized carbons (Fsp3) is 0.583. The molecular weight excluding hydrogens is 240 g/mol. The van der Waals surface area contributed by atoms with Gasteiger partial charge in [-0.25, -0.2) is 4.98 Å². The fourth-order valence-corrected chi connectivity index (χ4v) is 3.31. The molecule has 0 amide bonds. The van der Waals surface area contributed by atoms with Crippen LogP contribution in [0.15, 0.2) is 18.2 Å². The van der Waals surface area contributed by atoms with Gasteiger partial charge < -0.3 is 5.32 Å². The Hall–Kier alpha value is -0.410. The third-order valence-electron chi connectivity index (χ3n) is 3.25. The van der Waals surface area contributed by atoms with Gasteiger partial charge in [-0.2, -0.15) is 11.8 Å². The number of hydrogen-bond acceptors (Lipinski definition) is 3. The van der Waals surface area contributed by atoms with Gasteiger partial charge >= 0.3 is 0 Å². The van der Waals surface area contributed by atoms with E-state index in [0.29, 0.717) is 9.90 Å². The first-order chi connectivity index (χ1) is 7.74. The van der Waals surface area contributed by atoms with Crippen LogP contribution in [0.25, 0.3) is 0 Å². The number of rotatable bonds is 4. The zero-order valence-corrected chi connectivity index (χ0v) is 11.1. The molecule has 1 heterocycles. The maximum atomic E-state index is 5.85. The van der Waals surface area contributed by atoms with E-state index in [1.807, 2.05) is 23.9 Å². The number of nitrogens with one attached hydrogen (secondary N) is 1. The van der Waals surface area contributed by atoms with Crippen LogP contribution < -0.4 is 5.32 Å². The molecule has 2 rings (SSSR count). The number of halogens is 1. The zero-order valence-electron chi connectivity index (χ0n) is 9.50. The van der Waals surface area contributed by atoms with Crippen LogP contribution in [-0.2, 0) is 0 Å². The molecule has 0 radical (unpaired) electrons. The Kier molecular flexibility index (Phi) is 3.98. The summed E-state index contributed by atoms with van der Waals surface area (Å²) in [5.41, 5.74) is 0. The van der Waals surface area contributed by atoms with E-state index < -0.39 is 0 Å². The zero-order chi connectivity index (χ0) is 11.4. The predicted molar refractivity (Wildman–Crippen MR) is 72.5 cm³/mol. The first kappa shape index (κ1) is 12.1. The number of hydrogen-bond donors (Lipinski definition) is 1. The Labute approximate surface area is 106 Å². The van der Waals surface area contributed by atoms with Gasteiger partial charge in [0.05, 0.1) is 0 Å². The van der Waals surface area contributed by atoms with E-state index >= 15 is 0 Å². The van der Waals surface area contributed by atoms with Crippen molar-refractivity contribution in [2.24, 2.45) is 0 Å². The van der Waals surface area contributed by atoms with Crippen molar-refractivity contribution < 1.29 is 0 Å². The number of nitrogens with zero attached hydrogens (tertiary/aromatic N) is 1. The summed E-state index contributed by atoms with van der Waals surface area (Å²) in [4.78, 5) is 4.24. The monoisotopic (exact) mass is 256 g/mol. The standard InChI is InChI=1S/C12H17ClN2S/c1-16-12(7-2-3-8-12)9-14-11-6-4-5-10(13)15-11/h4-6H,2-3,7-9H2,1H3,(H,14,15). The average molecular weight is 257 g/mol. The van der Waals surface area contributed by atoms with Crippen molar-refractivity contribution >= 4 is 29.2 Å². The number of anilines is 1. The van der Waals surface area contributed by atoms with Crippen LogP contribution in [0.5, 0.6) is 0 Å². The molecule has 88 valence electrons. The molecule has 0 aromatic carbocycles. The smallest absolute Gasteiger partial charge is 0.131 e. The molecule has 4 heteroatoms. The Morgan fingerprint density at radius 2 is 2.19 bits per heavy atom. The van der Waals surface area contributed by atoms with E-state index in [2.05, 4.69) is 16.6 Å². The molecule has 1 aromatic rings. The van der Waals surface area contributed by atoms with Gasteiger partial charge in [0.1, 0.15) is 11.0 Å². The number of thioether (sulfide) groups is 1. The third kappa shape index (κ3) is 2.83. The third-order valence-corrected chi connectivity index (χ3v) is 4.88. The van der Waals surface area contributed by atoms with E-state index in [1.54, 1.807) is 6.07 Å². The fourth-order valence-electron chi connectivity index (χ4n) is 2.23. The number of aromatic nitrogens is 1. The van der Waals surface area contributed by atoms with Crippen molar-refractivity contribution in [2.45, 2.75) is 30.4 Å². The van der Waals surface area contributed by atoms with Gasteiger partial charge in [0.15, 0.2) is 0 Å². The van der Waals surface area contributed by atoms with Crippen molar-refractivity contribution in [3.63, 3.8) is 0 Å². The minimum Gasteiger partial charge on any atom is -0.369 e. The molecule has 16 heavy (non-hydrogen) atoms. The second-order valence-corrected chi connectivity index (χ2v) is 5.95. The van der Waals surface area contributed by atoms with Crippen molar-refractivity contribution in [2.75, 3.05) is 18.1 Å². The molecule has 0 atom stereocenters. The molecule has 1 fully saturated rings. The minimum absolute atomic E-state index is 0.407. The molecular formula is C12H17ClN2S. The summed E-state index contributed by atoms with van der Waals surface area (Å²) in [6.45, 7) is 0.988. The number of pyridine rings is 1. The second-order valence-electron chi connectivity index (χ2n) is 4.29. The van der Waals surface area contributed by atoms with Gasteiger partial charge in [-0.3, -0.25) is 0 Å². The maximum absolute atomic E-state index is 5.85. The summed E-state index contributed by atoms with van der Waals surface area (Å²) in [6.07, 6.45) is 7.53. The maximum Gasteiger partial charge on any atom is 0.131 e. The summed E-state index contributed by atoms with van der Waals surface area (Å²) < 4.78 is 0.407. The summed E-state index contributed by atoms with van der Waals surface area (Å²) in [6, 6.07) is 5.69. The molecule has 1 aliphatic carbocycles. The summed E-state index contributed by atoms with van der Waals surface area (Å²) in [5, 5.41) is 3.95. The van der Waals surface area contributed by atoms with Crippen LogP contribution in [0, 0.1) is 0 Å². The highest BCUT2D eigenvalue weighted by Gasteiger charge is 2.32. The van der Waals surface area contributed by atoms with E-state index in [0.717, 1.165) is 12.4 Å². The Morgan fingerprint density at radius 1 is 1.44 bits per heavy atom. The second kappa shape index (κ2) is 5.28. The van der Waals surface area contributed by atoms with Gasteiger partial charge in [-0.1, -0.05) is 30.5 Å². The van der Waals surface area contributed by atoms with Crippen LogP contribution in [0.1, 0.15) is 25.7 Å². The van der Waals surface area contributed by atoms with Gasteiger partial charge in [0.2, 0.25) is 0 Å². The van der Waals surface area contributed by atoms with Gasteiger partial charge in [-0.05, 0) is 31.2 Å². The molecule has 1 aliphatic rings. The topological polar surface area (TPSA) is 24.9 Å². The molecule has 1 aromatic heterocycles. The molecule has 0 aliphatic heterocycles. The van der Waals surface area contributed by atoms with Crippen molar-refractivity contribution in [3.05, 3.63) is 23.4 Å². The average Bonchev–Trinajstić information content (AvgIpc) is 2.76. The van der Waals surface area contributed by atoms with Crippen LogP contribution in [0.3, 0.4) is 0 Å². The van der Waals surface area contributed by atoms with Crippen LogP contribution in [0.4, 0.5) is 5.82 Å². The van der Waals surface area contributed by atoms with E-state index in [4.69, 9.17) is 11.6 Å². The predicted octanol–water partition coefficient (Wildman–Crippen LogP) is 3.82. The molecule has 2 nitrogen and oxygen atoms in total. The highest BCUT2D eigenvalue weighted by molar-refractivity contribution is 8.00. The van der Waals surface area contributed by atoms with Gasteiger partial charge in [0.25, 0.3) is 0 Å². The summed E-state index contributed by atoms with van der Waals surface area (Å²) >= 11 is 7.83. The van der Waals surface area contributed by atoms with Crippen molar-refractivity contribution in [3.8, 4) is 0 Å². The van der Waals surface area contributed by atoms with Crippen LogP contribution in [0.2, 0.25) is 5.15 Å². The molecule has 0 bridgehead atoms. The van der Waals surface area contributed by atoms with Crippen molar-refractivity contribution in [1.29, 1.82) is 0 Å². The van der Waals surface area contributed by atoms with E-state index in [9.17, 15) is 0 Å². The molecule has 1 saturated carbocycles. The van der Waals surface area contributed by atoms with Gasteiger partial charge in [0, 0.05) is 11.3 Å². The van der Waals surface area contributed by atoms with E-state index in [1.165, 1.54) is 25.7 Å². The highest BCUT2D eigenvalue weighted by atomic mass is 35.5. The van der Waals surface area contributed by atoms with E-state index in [-0.39, 0.29) is 0 Å². The Balaban J connectivity index is 1.95. The summed E-state index contributed by atoms with van der Waals surface area (Å²) in [5.74, 6) is 0.882. The van der Waals surface area contributed by atoms with Crippen LogP contribution in [-0.4, -0.2) is 22.5 Å². The molecule has 1 N–H and O–H groups in total. The first-order valence-corrected chi connectivity index (χ1v) is 7.26. The van der Waals surface area contributed by atoms with Crippen molar-refractivity contribution in [1.82, 2.24) is 4.98 Å². The first-order valence-electron chi connectivity index (χ1n) is 5.66. The summed E-state index contributed by atoms with van der Waals surface area (Å²) in [7, 11) is 0. The largest absolute Gasteiger partial charge is 0.369 e. The normalized spacial score (nSPS) is 18.6. The molecule has 0 unspecified atom stereocenters. The SMILES string of the molecule is CSC1(CNc2cccc(Cl)n2)CCCC1. The lowest BCUT2D eigenvalue weighted by molar-refractivity contribution is 0.638. The Morgan fingerprint density at radius 3 is 2.81 bits per heavy atom. The molecule has 0 saturated heterocycles. The Bertz CT molecular complexity index is 351. The lowest BCUT2D eigenvalue weighted by Gasteiger charge is -2.27. The van der Waals surface area contributed by atoms with Crippen LogP contribution >= 0.6 is 23.4 Å². The highest BCUT2D eigenvalue weighted by Crippen LogP contribution is 2.40. The lowest BCUT2D eigenvalue weighted by atomic mass is 10.1. The molecule has 0 spiro atoms. The van der Waals surface area contributed by atoms with Gasteiger partial charge in [-0.15, -0.1) is 0 Å². The minimum atomic E-state index is 0.407.